The molecule has 0 N–H and O–H groups in total. The van der Waals surface area contributed by atoms with E-state index in [4.69, 9.17) is 11.6 Å². The topological polar surface area (TPSA) is 66.4 Å². The largest absolute Gasteiger partial charge is 0.312 e. The summed E-state index contributed by atoms with van der Waals surface area (Å²) in [5.41, 5.74) is 2.83. The van der Waals surface area contributed by atoms with Crippen molar-refractivity contribution in [3.05, 3.63) is 83.4 Å². The van der Waals surface area contributed by atoms with Crippen molar-refractivity contribution in [2.24, 2.45) is 0 Å². The molecule has 0 saturated carbocycles. The number of anilines is 2. The number of hydrogen-bond acceptors (Lipinski definition) is 4. The summed E-state index contributed by atoms with van der Waals surface area (Å²) >= 11 is 6.02. The molecule has 2 amide bonds. The van der Waals surface area contributed by atoms with E-state index in [0.717, 1.165) is 16.9 Å². The van der Waals surface area contributed by atoms with Gasteiger partial charge in [0.05, 0.1) is 11.5 Å². The summed E-state index contributed by atoms with van der Waals surface area (Å²) < 4.78 is 0. The molecule has 7 heteroatoms. The normalized spacial score (nSPS) is 17.7. The Morgan fingerprint density at radius 3 is 2.45 bits per heavy atom. The highest BCUT2D eigenvalue weighted by Crippen LogP contribution is 2.40. The number of benzene rings is 2. The minimum absolute atomic E-state index is 0.0132. The van der Waals surface area contributed by atoms with Crippen molar-refractivity contribution in [1.82, 2.24) is 9.97 Å². The third kappa shape index (κ3) is 4.03. The van der Waals surface area contributed by atoms with Gasteiger partial charge in [-0.2, -0.15) is 0 Å². The molecule has 6 nitrogen and oxygen atoms in total. The minimum Gasteiger partial charge on any atom is -0.312 e. The summed E-state index contributed by atoms with van der Waals surface area (Å²) in [6.45, 7) is 4.46. The van der Waals surface area contributed by atoms with Crippen molar-refractivity contribution in [3.8, 4) is 0 Å². The maximum Gasteiger partial charge on any atom is 0.261 e. The smallest absolute Gasteiger partial charge is 0.261 e. The van der Waals surface area contributed by atoms with E-state index in [1.165, 1.54) is 18.7 Å². The van der Waals surface area contributed by atoms with Crippen LogP contribution >= 0.6 is 11.6 Å². The molecule has 1 aliphatic rings. The first-order valence-electron chi connectivity index (χ1n) is 10.3. The number of likely N-dealkylation sites (N-methyl/N-ethyl adjacent to an activating group) is 1. The second-order valence-corrected chi connectivity index (χ2v) is 7.99. The van der Waals surface area contributed by atoms with Gasteiger partial charge in [-0.15, -0.1) is 0 Å². The van der Waals surface area contributed by atoms with Crippen molar-refractivity contribution in [1.29, 1.82) is 0 Å². The van der Waals surface area contributed by atoms with Crippen LogP contribution in [0.25, 0.3) is 0 Å². The van der Waals surface area contributed by atoms with E-state index in [9.17, 15) is 9.59 Å². The maximum atomic E-state index is 13.6. The number of nitrogens with zero attached hydrogens (tertiary/aromatic N) is 4. The molecule has 3 aromatic rings. The summed E-state index contributed by atoms with van der Waals surface area (Å²) in [5, 5.41) is 0.628. The lowest BCUT2D eigenvalue weighted by Gasteiger charge is -2.40. The molecule has 0 bridgehead atoms. The summed E-state index contributed by atoms with van der Waals surface area (Å²) in [6, 6.07) is 14.7. The van der Waals surface area contributed by atoms with Gasteiger partial charge in [0.25, 0.3) is 5.91 Å². The first-order chi connectivity index (χ1) is 15.0. The van der Waals surface area contributed by atoms with Crippen LogP contribution in [0.2, 0.25) is 5.02 Å². The monoisotopic (exact) mass is 434 g/mol. The molecule has 1 aromatic heterocycles. The Bertz CT molecular complexity index is 1090. The first kappa shape index (κ1) is 21.0. The standard InChI is InChI=1S/C24H23ClN4O2/c1-3-28(19-10-8-18(25)9-11-19)24(31)21-12-16(2)29(22-7-5-4-6-20(21)22)23(30)17-13-26-15-27-14-17/h4-11,13-16,21H,3,12H2,1-2H3/t16-,21-/m1/s1. The molecule has 1 aliphatic heterocycles. The Hall–Kier alpha value is -3.25. The number of rotatable bonds is 4. The number of carbonyl (C=O) groups is 2. The molecule has 2 heterocycles. The van der Waals surface area contributed by atoms with Gasteiger partial charge in [-0.1, -0.05) is 29.8 Å². The molecule has 158 valence electrons. The highest BCUT2D eigenvalue weighted by molar-refractivity contribution is 6.30. The Kier molecular flexibility index (Phi) is 6.00. The lowest BCUT2D eigenvalue weighted by atomic mass is 9.84. The van der Waals surface area contributed by atoms with Gasteiger partial charge in [0.1, 0.15) is 6.33 Å². The molecule has 0 spiro atoms. The molecule has 0 fully saturated rings. The van der Waals surface area contributed by atoms with Crippen LogP contribution in [0.5, 0.6) is 0 Å². The van der Waals surface area contributed by atoms with Crippen molar-refractivity contribution in [3.63, 3.8) is 0 Å². The quantitative estimate of drug-likeness (QED) is 0.596. The predicted molar refractivity (Wildman–Crippen MR) is 122 cm³/mol. The van der Waals surface area contributed by atoms with E-state index in [1.807, 2.05) is 50.2 Å². The van der Waals surface area contributed by atoms with Crippen LogP contribution in [0.15, 0.2) is 67.3 Å². The maximum absolute atomic E-state index is 13.6. The zero-order valence-electron chi connectivity index (χ0n) is 17.4. The SMILES string of the molecule is CCN(C(=O)[C@@H]1C[C@@H](C)N(C(=O)c2cncnc2)c2ccccc21)c1ccc(Cl)cc1. The summed E-state index contributed by atoms with van der Waals surface area (Å²) in [6.07, 6.45) is 4.96. The van der Waals surface area contributed by atoms with Crippen molar-refractivity contribution in [2.45, 2.75) is 32.2 Å². The number of para-hydroxylation sites is 1. The van der Waals surface area contributed by atoms with E-state index >= 15 is 0 Å². The molecule has 0 unspecified atom stereocenters. The van der Waals surface area contributed by atoms with Crippen molar-refractivity contribution in [2.75, 3.05) is 16.3 Å². The number of carbonyl (C=O) groups excluding carboxylic acids is 2. The first-order valence-corrected chi connectivity index (χ1v) is 10.6. The van der Waals surface area contributed by atoms with Crippen LogP contribution in [0.1, 0.15) is 42.1 Å². The Morgan fingerprint density at radius 1 is 1.10 bits per heavy atom. The van der Waals surface area contributed by atoms with E-state index in [1.54, 1.807) is 21.9 Å². The number of halogens is 1. The predicted octanol–water partition coefficient (Wildman–Crippen LogP) is 4.71. The molecular formula is C24H23ClN4O2. The van der Waals surface area contributed by atoms with Gasteiger partial charge in [-0.3, -0.25) is 9.59 Å². The van der Waals surface area contributed by atoms with E-state index in [0.29, 0.717) is 23.6 Å². The van der Waals surface area contributed by atoms with Crippen molar-refractivity contribution >= 4 is 34.8 Å². The molecule has 0 saturated heterocycles. The zero-order chi connectivity index (χ0) is 22.0. The van der Waals surface area contributed by atoms with Crippen LogP contribution in [0, 0.1) is 0 Å². The summed E-state index contributed by atoms with van der Waals surface area (Å²) in [4.78, 5) is 38.3. The fraction of sp³-hybridized carbons (Fsp3) is 0.250. The second kappa shape index (κ2) is 8.86. The average molecular weight is 435 g/mol. The van der Waals surface area contributed by atoms with Gasteiger partial charge in [-0.05, 0) is 56.2 Å². The number of amides is 2. The van der Waals surface area contributed by atoms with Crippen LogP contribution in [-0.4, -0.2) is 34.4 Å². The Balaban J connectivity index is 1.70. The van der Waals surface area contributed by atoms with E-state index in [2.05, 4.69) is 9.97 Å². The third-order valence-electron chi connectivity index (χ3n) is 5.63. The molecular weight excluding hydrogens is 412 g/mol. The van der Waals surface area contributed by atoms with Crippen LogP contribution < -0.4 is 9.80 Å². The van der Waals surface area contributed by atoms with Gasteiger partial charge in [0, 0.05) is 41.4 Å². The lowest BCUT2D eigenvalue weighted by Crippen LogP contribution is -2.46. The number of fused-ring (bicyclic) bond motifs is 1. The highest BCUT2D eigenvalue weighted by atomic mass is 35.5. The van der Waals surface area contributed by atoms with Gasteiger partial charge >= 0.3 is 0 Å². The highest BCUT2D eigenvalue weighted by Gasteiger charge is 2.38. The molecule has 2 atom stereocenters. The van der Waals surface area contributed by atoms with E-state index < -0.39 is 0 Å². The third-order valence-corrected chi connectivity index (χ3v) is 5.89. The Morgan fingerprint density at radius 2 is 1.77 bits per heavy atom. The fourth-order valence-electron chi connectivity index (χ4n) is 4.18. The summed E-state index contributed by atoms with van der Waals surface area (Å²) in [5.74, 6) is -0.506. The molecule has 31 heavy (non-hydrogen) atoms. The Labute approximate surface area is 186 Å². The van der Waals surface area contributed by atoms with E-state index in [-0.39, 0.29) is 23.8 Å². The van der Waals surface area contributed by atoms with Crippen LogP contribution in [0.4, 0.5) is 11.4 Å². The van der Waals surface area contributed by atoms with Gasteiger partial charge in [0.15, 0.2) is 0 Å². The van der Waals surface area contributed by atoms with Crippen molar-refractivity contribution < 1.29 is 9.59 Å². The molecule has 0 aliphatic carbocycles. The van der Waals surface area contributed by atoms with Gasteiger partial charge in [0.2, 0.25) is 5.91 Å². The second-order valence-electron chi connectivity index (χ2n) is 7.56. The lowest BCUT2D eigenvalue weighted by molar-refractivity contribution is -0.120. The van der Waals surface area contributed by atoms with Gasteiger partial charge < -0.3 is 9.80 Å². The summed E-state index contributed by atoms with van der Waals surface area (Å²) in [7, 11) is 0. The minimum atomic E-state index is -0.349. The zero-order valence-corrected chi connectivity index (χ0v) is 18.2. The molecule has 4 rings (SSSR count). The van der Waals surface area contributed by atoms with Crippen LogP contribution in [-0.2, 0) is 4.79 Å². The average Bonchev–Trinajstić information content (AvgIpc) is 2.80. The number of aromatic nitrogens is 2. The van der Waals surface area contributed by atoms with Gasteiger partial charge in [-0.25, -0.2) is 9.97 Å². The number of hydrogen-bond donors (Lipinski definition) is 0. The molecule has 0 radical (unpaired) electrons. The van der Waals surface area contributed by atoms with Crippen LogP contribution in [0.3, 0.4) is 0 Å². The fourth-order valence-corrected chi connectivity index (χ4v) is 4.31. The molecule has 2 aromatic carbocycles.